The molecule has 18 heavy (non-hydrogen) atoms. The molecule has 0 saturated carbocycles. The van der Waals surface area contributed by atoms with Gasteiger partial charge in [0.2, 0.25) is 0 Å². The Bertz CT molecular complexity index is 414. The zero-order valence-corrected chi connectivity index (χ0v) is 11.5. The Morgan fingerprint density at radius 2 is 2.33 bits per heavy atom. The van der Waals surface area contributed by atoms with Gasteiger partial charge in [-0.2, -0.15) is 0 Å². The van der Waals surface area contributed by atoms with E-state index in [0.717, 1.165) is 4.47 Å². The van der Waals surface area contributed by atoms with Crippen molar-refractivity contribution < 1.29 is 14.8 Å². The standard InChI is InChI=1S/C11H15BrN2O4/c1-18-7-10(6-15)13-5-8-4-9(12)2-3-11(8)14(16)17/h2-4,10,13,15H,5-7H2,1H3. The summed E-state index contributed by atoms with van der Waals surface area (Å²) in [5.41, 5.74) is 0.615. The molecule has 0 aliphatic heterocycles. The Balaban J connectivity index is 2.76. The number of hydrogen-bond acceptors (Lipinski definition) is 5. The highest BCUT2D eigenvalue weighted by Crippen LogP contribution is 2.22. The van der Waals surface area contributed by atoms with Crippen LogP contribution in [0.4, 0.5) is 5.69 Å². The van der Waals surface area contributed by atoms with Crippen LogP contribution in [0.25, 0.3) is 0 Å². The maximum atomic E-state index is 10.9. The molecule has 0 spiro atoms. The lowest BCUT2D eigenvalue weighted by Crippen LogP contribution is -2.36. The van der Waals surface area contributed by atoms with E-state index < -0.39 is 4.92 Å². The molecule has 100 valence electrons. The molecule has 1 atom stereocenters. The predicted molar refractivity (Wildman–Crippen MR) is 70.4 cm³/mol. The van der Waals surface area contributed by atoms with Crippen LogP contribution in [0, 0.1) is 10.1 Å². The molecule has 0 heterocycles. The van der Waals surface area contributed by atoms with E-state index in [2.05, 4.69) is 21.2 Å². The number of nitrogens with zero attached hydrogens (tertiary/aromatic N) is 1. The number of nitro groups is 1. The molecular weight excluding hydrogens is 304 g/mol. The van der Waals surface area contributed by atoms with Gasteiger partial charge in [0.25, 0.3) is 5.69 Å². The zero-order valence-electron chi connectivity index (χ0n) is 9.93. The SMILES string of the molecule is COCC(CO)NCc1cc(Br)ccc1[N+](=O)[O-]. The summed E-state index contributed by atoms with van der Waals surface area (Å²) in [6, 6.07) is 4.52. The van der Waals surface area contributed by atoms with Gasteiger partial charge in [-0.25, -0.2) is 0 Å². The van der Waals surface area contributed by atoms with Crippen molar-refractivity contribution in [1.29, 1.82) is 0 Å². The van der Waals surface area contributed by atoms with Crippen molar-refractivity contribution in [2.24, 2.45) is 0 Å². The van der Waals surface area contributed by atoms with Crippen LogP contribution >= 0.6 is 15.9 Å². The van der Waals surface area contributed by atoms with Crippen molar-refractivity contribution in [3.63, 3.8) is 0 Å². The summed E-state index contributed by atoms with van der Waals surface area (Å²) in [5.74, 6) is 0. The number of nitro benzene ring substituents is 1. The van der Waals surface area contributed by atoms with Crippen molar-refractivity contribution in [3.8, 4) is 0 Å². The molecule has 0 aliphatic rings. The molecule has 0 amide bonds. The topological polar surface area (TPSA) is 84.6 Å². The van der Waals surface area contributed by atoms with Gasteiger partial charge in [-0.3, -0.25) is 10.1 Å². The molecule has 2 N–H and O–H groups in total. The van der Waals surface area contributed by atoms with Crippen LogP contribution in [-0.4, -0.2) is 36.4 Å². The van der Waals surface area contributed by atoms with E-state index in [1.807, 2.05) is 0 Å². The van der Waals surface area contributed by atoms with E-state index in [0.29, 0.717) is 18.7 Å². The van der Waals surface area contributed by atoms with Gasteiger partial charge in [0.05, 0.1) is 24.2 Å². The van der Waals surface area contributed by atoms with Crippen molar-refractivity contribution in [1.82, 2.24) is 5.32 Å². The van der Waals surface area contributed by atoms with Gasteiger partial charge in [-0.15, -0.1) is 0 Å². The van der Waals surface area contributed by atoms with E-state index in [1.165, 1.54) is 13.2 Å². The van der Waals surface area contributed by atoms with E-state index in [-0.39, 0.29) is 18.3 Å². The summed E-state index contributed by atoms with van der Waals surface area (Å²) in [6.45, 7) is 0.554. The molecule has 1 rings (SSSR count). The van der Waals surface area contributed by atoms with E-state index in [1.54, 1.807) is 12.1 Å². The van der Waals surface area contributed by atoms with Crippen LogP contribution in [0.3, 0.4) is 0 Å². The quantitative estimate of drug-likeness (QED) is 0.587. The second-order valence-electron chi connectivity index (χ2n) is 3.75. The van der Waals surface area contributed by atoms with E-state index >= 15 is 0 Å². The molecule has 1 aromatic rings. The van der Waals surface area contributed by atoms with Crippen LogP contribution in [-0.2, 0) is 11.3 Å². The lowest BCUT2D eigenvalue weighted by atomic mass is 10.1. The predicted octanol–water partition coefficient (Wildman–Crippen LogP) is 1.45. The summed E-state index contributed by atoms with van der Waals surface area (Å²) in [6.07, 6.45) is 0. The van der Waals surface area contributed by atoms with Gasteiger partial charge in [-0.05, 0) is 12.1 Å². The maximum Gasteiger partial charge on any atom is 0.273 e. The normalized spacial score (nSPS) is 12.4. The molecule has 6 nitrogen and oxygen atoms in total. The summed E-state index contributed by atoms with van der Waals surface area (Å²) in [7, 11) is 1.53. The van der Waals surface area contributed by atoms with Crippen molar-refractivity contribution in [2.75, 3.05) is 20.3 Å². The highest BCUT2D eigenvalue weighted by atomic mass is 79.9. The third-order valence-electron chi connectivity index (χ3n) is 2.41. The summed E-state index contributed by atoms with van der Waals surface area (Å²) in [4.78, 5) is 10.4. The first-order valence-corrected chi connectivity index (χ1v) is 6.13. The molecule has 0 aliphatic carbocycles. The number of aliphatic hydroxyl groups excluding tert-OH is 1. The minimum Gasteiger partial charge on any atom is -0.395 e. The number of halogens is 1. The lowest BCUT2D eigenvalue weighted by molar-refractivity contribution is -0.385. The number of nitrogens with one attached hydrogen (secondary N) is 1. The summed E-state index contributed by atoms with van der Waals surface area (Å²) in [5, 5.41) is 23.0. The molecule has 1 aromatic carbocycles. The molecule has 0 aromatic heterocycles. The smallest absolute Gasteiger partial charge is 0.273 e. The number of ether oxygens (including phenoxy) is 1. The van der Waals surface area contributed by atoms with Gasteiger partial charge in [0, 0.05) is 29.8 Å². The average Bonchev–Trinajstić information content (AvgIpc) is 2.34. The van der Waals surface area contributed by atoms with Crippen molar-refractivity contribution in [2.45, 2.75) is 12.6 Å². The fraction of sp³-hybridized carbons (Fsp3) is 0.455. The average molecular weight is 319 g/mol. The van der Waals surface area contributed by atoms with Gasteiger partial charge in [0.1, 0.15) is 0 Å². The molecule has 0 radical (unpaired) electrons. The fourth-order valence-corrected chi connectivity index (χ4v) is 1.91. The Hall–Kier alpha value is -1.02. The Morgan fingerprint density at radius 1 is 1.61 bits per heavy atom. The first kappa shape index (κ1) is 15.0. The molecule has 0 saturated heterocycles. The maximum absolute atomic E-state index is 10.9. The Morgan fingerprint density at radius 3 is 2.89 bits per heavy atom. The largest absolute Gasteiger partial charge is 0.395 e. The van der Waals surface area contributed by atoms with Crippen LogP contribution in [0.2, 0.25) is 0 Å². The zero-order chi connectivity index (χ0) is 13.5. The molecule has 0 fully saturated rings. The monoisotopic (exact) mass is 318 g/mol. The van der Waals surface area contributed by atoms with Crippen LogP contribution in [0.15, 0.2) is 22.7 Å². The third kappa shape index (κ3) is 4.34. The Labute approximate surface area is 113 Å². The lowest BCUT2D eigenvalue weighted by Gasteiger charge is -2.15. The highest BCUT2D eigenvalue weighted by molar-refractivity contribution is 9.10. The first-order valence-electron chi connectivity index (χ1n) is 5.34. The number of rotatable bonds is 7. The summed E-state index contributed by atoms with van der Waals surface area (Å²) < 4.78 is 5.69. The molecular formula is C11H15BrN2O4. The van der Waals surface area contributed by atoms with Gasteiger partial charge in [-0.1, -0.05) is 15.9 Å². The van der Waals surface area contributed by atoms with E-state index in [9.17, 15) is 10.1 Å². The minimum atomic E-state index is -0.423. The van der Waals surface area contributed by atoms with Gasteiger partial charge < -0.3 is 15.2 Å². The molecule has 7 heteroatoms. The van der Waals surface area contributed by atoms with Crippen LogP contribution in [0.1, 0.15) is 5.56 Å². The Kier molecular flexibility index (Phi) is 6.20. The highest BCUT2D eigenvalue weighted by Gasteiger charge is 2.15. The summed E-state index contributed by atoms with van der Waals surface area (Å²) >= 11 is 3.28. The van der Waals surface area contributed by atoms with Gasteiger partial charge >= 0.3 is 0 Å². The number of methoxy groups -OCH3 is 1. The number of aliphatic hydroxyl groups is 1. The van der Waals surface area contributed by atoms with Crippen LogP contribution in [0.5, 0.6) is 0 Å². The van der Waals surface area contributed by atoms with Crippen molar-refractivity contribution >= 4 is 21.6 Å². The second-order valence-corrected chi connectivity index (χ2v) is 4.66. The second kappa shape index (κ2) is 7.42. The van der Waals surface area contributed by atoms with Gasteiger partial charge in [0.15, 0.2) is 0 Å². The van der Waals surface area contributed by atoms with E-state index in [4.69, 9.17) is 9.84 Å². The number of hydrogen-bond donors (Lipinski definition) is 2. The molecule has 0 bridgehead atoms. The van der Waals surface area contributed by atoms with Crippen LogP contribution < -0.4 is 5.32 Å². The first-order chi connectivity index (χ1) is 8.58. The minimum absolute atomic E-state index is 0.0554. The third-order valence-corrected chi connectivity index (χ3v) is 2.90. The molecule has 1 unspecified atom stereocenters. The van der Waals surface area contributed by atoms with Crippen molar-refractivity contribution in [3.05, 3.63) is 38.3 Å². The number of benzene rings is 1. The fourth-order valence-electron chi connectivity index (χ4n) is 1.51.